The highest BCUT2D eigenvalue weighted by Crippen LogP contribution is 2.18. The van der Waals surface area contributed by atoms with Gasteiger partial charge in [-0.2, -0.15) is 4.98 Å². The monoisotopic (exact) mass is 356 g/mol. The lowest BCUT2D eigenvalue weighted by Gasteiger charge is -2.33. The molecule has 0 atom stereocenters. The molecular weight excluding hydrogens is 332 g/mol. The van der Waals surface area contributed by atoms with Gasteiger partial charge in [0.05, 0.1) is 0 Å². The minimum atomic E-state index is -0.105. The predicted molar refractivity (Wildman–Crippen MR) is 96.4 cm³/mol. The minimum Gasteiger partial charge on any atom is -0.349 e. The van der Waals surface area contributed by atoms with Crippen LogP contribution in [0.5, 0.6) is 0 Å². The van der Waals surface area contributed by atoms with Crippen molar-refractivity contribution >= 4 is 11.8 Å². The fourth-order valence-corrected chi connectivity index (χ4v) is 3.06. The highest BCUT2D eigenvalue weighted by molar-refractivity contribution is 5.94. The molecule has 0 saturated carbocycles. The average Bonchev–Trinajstić information content (AvgIpc) is 3.08. The SMILES string of the molecule is Cc1noc(-c2ccc(C(=O)NC3CCN(C(=O)C(C)C)CC3)cc2)n1. The van der Waals surface area contributed by atoms with Crippen LogP contribution in [0, 0.1) is 12.8 Å². The Kier molecular flexibility index (Phi) is 5.35. The summed E-state index contributed by atoms with van der Waals surface area (Å²) in [6.07, 6.45) is 1.56. The number of rotatable bonds is 4. The molecule has 0 unspecified atom stereocenters. The van der Waals surface area contributed by atoms with Crippen LogP contribution in [-0.4, -0.2) is 46.0 Å². The standard InChI is InChI=1S/C19H24N4O3/c1-12(2)19(25)23-10-8-16(9-11-23)21-17(24)14-4-6-15(7-5-14)18-20-13(3)22-26-18/h4-7,12,16H,8-11H2,1-3H3,(H,21,24). The Morgan fingerprint density at radius 1 is 1.19 bits per heavy atom. The van der Waals surface area contributed by atoms with E-state index in [2.05, 4.69) is 15.5 Å². The Balaban J connectivity index is 1.55. The van der Waals surface area contributed by atoms with Gasteiger partial charge in [0.1, 0.15) is 0 Å². The maximum absolute atomic E-state index is 12.4. The number of hydrogen-bond acceptors (Lipinski definition) is 5. The molecule has 1 aromatic heterocycles. The summed E-state index contributed by atoms with van der Waals surface area (Å²) >= 11 is 0. The van der Waals surface area contributed by atoms with Crippen LogP contribution in [-0.2, 0) is 4.79 Å². The largest absolute Gasteiger partial charge is 0.349 e. The fraction of sp³-hybridized carbons (Fsp3) is 0.474. The normalized spacial score (nSPS) is 15.3. The molecule has 3 rings (SSSR count). The smallest absolute Gasteiger partial charge is 0.257 e. The lowest BCUT2D eigenvalue weighted by atomic mass is 10.0. The highest BCUT2D eigenvalue weighted by atomic mass is 16.5. The van der Waals surface area contributed by atoms with E-state index < -0.39 is 0 Å². The van der Waals surface area contributed by atoms with Crippen molar-refractivity contribution in [2.24, 2.45) is 5.92 Å². The molecule has 26 heavy (non-hydrogen) atoms. The first-order valence-corrected chi connectivity index (χ1v) is 8.94. The maximum Gasteiger partial charge on any atom is 0.257 e. The molecule has 1 N–H and O–H groups in total. The lowest BCUT2D eigenvalue weighted by molar-refractivity contribution is -0.135. The van der Waals surface area contributed by atoms with Gasteiger partial charge in [-0.1, -0.05) is 19.0 Å². The van der Waals surface area contributed by atoms with Gasteiger partial charge in [-0.15, -0.1) is 0 Å². The quantitative estimate of drug-likeness (QED) is 0.909. The van der Waals surface area contributed by atoms with Crippen LogP contribution in [0.15, 0.2) is 28.8 Å². The molecule has 0 spiro atoms. The van der Waals surface area contributed by atoms with Crippen LogP contribution in [0.3, 0.4) is 0 Å². The number of nitrogens with zero attached hydrogens (tertiary/aromatic N) is 3. The molecule has 2 amide bonds. The van der Waals surface area contributed by atoms with Gasteiger partial charge in [0, 0.05) is 36.2 Å². The lowest BCUT2D eigenvalue weighted by Crippen LogP contribution is -2.47. The number of nitrogens with one attached hydrogen (secondary N) is 1. The van der Waals surface area contributed by atoms with Crippen LogP contribution in [0.4, 0.5) is 0 Å². The molecule has 1 aliphatic heterocycles. The van der Waals surface area contributed by atoms with Crippen molar-refractivity contribution < 1.29 is 14.1 Å². The van der Waals surface area contributed by atoms with Gasteiger partial charge in [-0.05, 0) is 44.0 Å². The number of benzene rings is 1. The van der Waals surface area contributed by atoms with Gasteiger partial charge < -0.3 is 14.7 Å². The topological polar surface area (TPSA) is 88.3 Å². The molecule has 0 bridgehead atoms. The van der Waals surface area contributed by atoms with Crippen LogP contribution in [0.1, 0.15) is 42.9 Å². The van der Waals surface area contributed by atoms with Crippen molar-refractivity contribution in [1.82, 2.24) is 20.4 Å². The molecule has 1 fully saturated rings. The number of aromatic nitrogens is 2. The van der Waals surface area contributed by atoms with Crippen LogP contribution in [0.2, 0.25) is 0 Å². The summed E-state index contributed by atoms with van der Waals surface area (Å²) in [5.74, 6) is 1.11. The molecule has 1 saturated heterocycles. The first kappa shape index (κ1) is 18.1. The Labute approximate surface area is 152 Å². The van der Waals surface area contributed by atoms with Gasteiger partial charge in [0.25, 0.3) is 11.8 Å². The van der Waals surface area contributed by atoms with Gasteiger partial charge in [-0.3, -0.25) is 9.59 Å². The van der Waals surface area contributed by atoms with E-state index in [1.807, 2.05) is 18.7 Å². The first-order chi connectivity index (χ1) is 12.4. The minimum absolute atomic E-state index is 0.0160. The summed E-state index contributed by atoms with van der Waals surface area (Å²) in [6.45, 7) is 6.97. The molecule has 0 aliphatic carbocycles. The highest BCUT2D eigenvalue weighted by Gasteiger charge is 2.25. The number of likely N-dealkylation sites (tertiary alicyclic amines) is 1. The second-order valence-electron chi connectivity index (χ2n) is 6.95. The number of hydrogen-bond donors (Lipinski definition) is 1. The zero-order valence-electron chi connectivity index (χ0n) is 15.4. The number of carbonyl (C=O) groups is 2. The van der Waals surface area contributed by atoms with Crippen molar-refractivity contribution in [3.05, 3.63) is 35.7 Å². The Hall–Kier alpha value is -2.70. The third-order valence-electron chi connectivity index (χ3n) is 4.56. The third kappa shape index (κ3) is 4.09. The van der Waals surface area contributed by atoms with E-state index in [0.29, 0.717) is 30.4 Å². The van der Waals surface area contributed by atoms with Crippen molar-refractivity contribution in [3.63, 3.8) is 0 Å². The van der Waals surface area contributed by atoms with Crippen molar-refractivity contribution in [3.8, 4) is 11.5 Å². The number of amides is 2. The molecule has 1 aliphatic rings. The van der Waals surface area contributed by atoms with Crippen molar-refractivity contribution in [2.75, 3.05) is 13.1 Å². The second-order valence-corrected chi connectivity index (χ2v) is 6.95. The summed E-state index contributed by atoms with van der Waals surface area (Å²) in [4.78, 5) is 30.5. The van der Waals surface area contributed by atoms with Crippen molar-refractivity contribution in [1.29, 1.82) is 0 Å². The van der Waals surface area contributed by atoms with E-state index in [4.69, 9.17) is 4.52 Å². The summed E-state index contributed by atoms with van der Waals surface area (Å²) in [5.41, 5.74) is 1.37. The Morgan fingerprint density at radius 2 is 1.85 bits per heavy atom. The summed E-state index contributed by atoms with van der Waals surface area (Å²) in [5, 5.41) is 6.82. The van der Waals surface area contributed by atoms with E-state index in [-0.39, 0.29) is 23.8 Å². The van der Waals surface area contributed by atoms with Gasteiger partial charge in [-0.25, -0.2) is 0 Å². The zero-order valence-corrected chi connectivity index (χ0v) is 15.4. The molecule has 7 heteroatoms. The molecule has 2 aromatic rings. The average molecular weight is 356 g/mol. The fourth-order valence-electron chi connectivity index (χ4n) is 3.06. The number of piperidine rings is 1. The summed E-state index contributed by atoms with van der Waals surface area (Å²) in [7, 11) is 0. The van der Waals surface area contributed by atoms with E-state index in [0.717, 1.165) is 18.4 Å². The molecule has 0 radical (unpaired) electrons. The van der Waals surface area contributed by atoms with Crippen LogP contribution >= 0.6 is 0 Å². The van der Waals surface area contributed by atoms with E-state index in [1.165, 1.54) is 0 Å². The van der Waals surface area contributed by atoms with E-state index in [1.54, 1.807) is 31.2 Å². The molecule has 138 valence electrons. The number of carbonyl (C=O) groups excluding carboxylic acids is 2. The molecular formula is C19H24N4O3. The Morgan fingerprint density at radius 3 is 2.38 bits per heavy atom. The maximum atomic E-state index is 12.4. The zero-order chi connectivity index (χ0) is 18.7. The molecule has 7 nitrogen and oxygen atoms in total. The molecule has 1 aromatic carbocycles. The first-order valence-electron chi connectivity index (χ1n) is 8.94. The van der Waals surface area contributed by atoms with Gasteiger partial charge in [0.15, 0.2) is 5.82 Å². The van der Waals surface area contributed by atoms with Crippen LogP contribution in [0.25, 0.3) is 11.5 Å². The van der Waals surface area contributed by atoms with E-state index in [9.17, 15) is 9.59 Å². The summed E-state index contributed by atoms with van der Waals surface area (Å²) in [6, 6.07) is 7.19. The molecule has 2 heterocycles. The van der Waals surface area contributed by atoms with E-state index >= 15 is 0 Å². The van der Waals surface area contributed by atoms with Crippen LogP contribution < -0.4 is 5.32 Å². The number of aryl methyl sites for hydroxylation is 1. The Bertz CT molecular complexity index is 774. The summed E-state index contributed by atoms with van der Waals surface area (Å²) < 4.78 is 5.12. The van der Waals surface area contributed by atoms with Gasteiger partial charge in [0.2, 0.25) is 5.91 Å². The van der Waals surface area contributed by atoms with Gasteiger partial charge >= 0.3 is 0 Å². The van der Waals surface area contributed by atoms with Crippen molar-refractivity contribution in [2.45, 2.75) is 39.7 Å². The predicted octanol–water partition coefficient (Wildman–Crippen LogP) is 2.42. The third-order valence-corrected chi connectivity index (χ3v) is 4.56. The second kappa shape index (κ2) is 7.68.